The van der Waals surface area contributed by atoms with E-state index in [9.17, 15) is 9.59 Å². The van der Waals surface area contributed by atoms with Gasteiger partial charge in [0.1, 0.15) is 0 Å². The predicted octanol–water partition coefficient (Wildman–Crippen LogP) is 4.38. The maximum Gasteiger partial charge on any atom is 0.257 e. The Hall–Kier alpha value is -1.63. The highest BCUT2D eigenvalue weighted by atomic mass is 35.5. The number of nitrogens with one attached hydrogen (secondary N) is 2. The highest BCUT2D eigenvalue weighted by Gasteiger charge is 2.23. The topological polar surface area (TPSA) is 58.2 Å². The highest BCUT2D eigenvalue weighted by molar-refractivity contribution is 8.07. The van der Waals surface area contributed by atoms with Gasteiger partial charge >= 0.3 is 0 Å². The van der Waals surface area contributed by atoms with E-state index in [1.165, 1.54) is 0 Å². The van der Waals surface area contributed by atoms with E-state index in [1.54, 1.807) is 72.1 Å². The molecule has 2 N–H and O–H groups in total. The molecule has 3 rings (SSSR count). The molecule has 1 saturated heterocycles. The number of amides is 2. The summed E-state index contributed by atoms with van der Waals surface area (Å²) in [5.74, 6) is 2.53. The first-order valence-corrected chi connectivity index (χ1v) is 10.4. The lowest BCUT2D eigenvalue weighted by molar-refractivity contribution is -0.115. The van der Waals surface area contributed by atoms with Crippen molar-refractivity contribution in [2.45, 2.75) is 5.25 Å². The van der Waals surface area contributed by atoms with Crippen molar-refractivity contribution < 1.29 is 9.59 Å². The minimum atomic E-state index is -0.274. The van der Waals surface area contributed by atoms with Gasteiger partial charge in [0.15, 0.2) is 0 Å². The van der Waals surface area contributed by atoms with Gasteiger partial charge in [-0.15, -0.1) is 11.8 Å². The summed E-state index contributed by atoms with van der Waals surface area (Å²) in [7, 11) is 0. The molecule has 7 heteroatoms. The van der Waals surface area contributed by atoms with Gasteiger partial charge in [-0.3, -0.25) is 9.59 Å². The summed E-state index contributed by atoms with van der Waals surface area (Å²) in [6.07, 6.45) is 0. The molecule has 1 aliphatic rings. The van der Waals surface area contributed by atoms with Gasteiger partial charge in [-0.25, -0.2) is 0 Å². The minimum absolute atomic E-state index is 0.0519. The van der Waals surface area contributed by atoms with Crippen molar-refractivity contribution in [3.05, 3.63) is 59.1 Å². The Kier molecular flexibility index (Phi) is 6.29. The van der Waals surface area contributed by atoms with Crippen LogP contribution in [0.3, 0.4) is 0 Å². The zero-order valence-electron chi connectivity index (χ0n) is 13.3. The monoisotopic (exact) mass is 392 g/mol. The van der Waals surface area contributed by atoms with Gasteiger partial charge in [-0.05, 0) is 36.4 Å². The summed E-state index contributed by atoms with van der Waals surface area (Å²) >= 11 is 9.30. The first-order valence-electron chi connectivity index (χ1n) is 7.79. The number of hydrogen-bond donors (Lipinski definition) is 2. The van der Waals surface area contributed by atoms with E-state index < -0.39 is 0 Å². The third-order valence-electron chi connectivity index (χ3n) is 3.64. The molecule has 0 radical (unpaired) electrons. The van der Waals surface area contributed by atoms with Crippen LogP contribution in [-0.4, -0.2) is 34.3 Å². The van der Waals surface area contributed by atoms with E-state index in [0.29, 0.717) is 22.0 Å². The Bertz CT molecular complexity index is 762. The molecule has 1 unspecified atom stereocenters. The van der Waals surface area contributed by atoms with Gasteiger partial charge in [-0.2, -0.15) is 11.8 Å². The summed E-state index contributed by atoms with van der Waals surface area (Å²) in [4.78, 5) is 25.0. The van der Waals surface area contributed by atoms with Gasteiger partial charge in [-0.1, -0.05) is 23.7 Å². The van der Waals surface area contributed by atoms with Crippen LogP contribution in [0.25, 0.3) is 0 Å². The predicted molar refractivity (Wildman–Crippen MR) is 108 cm³/mol. The van der Waals surface area contributed by atoms with Crippen LogP contribution in [0.2, 0.25) is 5.02 Å². The molecule has 2 aromatic carbocycles. The van der Waals surface area contributed by atoms with E-state index in [0.717, 1.165) is 17.3 Å². The lowest BCUT2D eigenvalue weighted by Gasteiger charge is -2.21. The molecular formula is C18H17ClN2O2S2. The number of para-hydroxylation sites is 1. The first-order chi connectivity index (χ1) is 12.1. The molecule has 1 aliphatic heterocycles. The van der Waals surface area contributed by atoms with Crippen molar-refractivity contribution in [2.24, 2.45) is 0 Å². The molecule has 1 atom stereocenters. The van der Waals surface area contributed by atoms with Crippen LogP contribution in [0.1, 0.15) is 10.4 Å². The van der Waals surface area contributed by atoms with E-state index in [1.807, 2.05) is 0 Å². The van der Waals surface area contributed by atoms with Crippen LogP contribution in [-0.2, 0) is 4.79 Å². The Morgan fingerprint density at radius 2 is 1.76 bits per heavy atom. The van der Waals surface area contributed by atoms with E-state index in [-0.39, 0.29) is 17.1 Å². The molecule has 0 saturated carbocycles. The van der Waals surface area contributed by atoms with Crippen LogP contribution >= 0.6 is 35.1 Å². The second-order valence-corrected chi connectivity index (χ2v) is 8.33. The number of anilines is 2. The average molecular weight is 393 g/mol. The molecule has 130 valence electrons. The fraction of sp³-hybridized carbons (Fsp3) is 0.222. The highest BCUT2D eigenvalue weighted by Crippen LogP contribution is 2.26. The van der Waals surface area contributed by atoms with Crippen LogP contribution < -0.4 is 10.6 Å². The number of hydrogen-bond acceptors (Lipinski definition) is 4. The van der Waals surface area contributed by atoms with Crippen LogP contribution in [0.4, 0.5) is 11.4 Å². The van der Waals surface area contributed by atoms with Crippen molar-refractivity contribution >= 4 is 58.3 Å². The smallest absolute Gasteiger partial charge is 0.257 e. The molecule has 0 aliphatic carbocycles. The number of thioether (sulfide) groups is 2. The second kappa shape index (κ2) is 8.65. The Morgan fingerprint density at radius 3 is 2.48 bits per heavy atom. The van der Waals surface area contributed by atoms with Crippen molar-refractivity contribution in [1.82, 2.24) is 0 Å². The quantitative estimate of drug-likeness (QED) is 0.810. The lowest BCUT2D eigenvalue weighted by atomic mass is 10.1. The third kappa shape index (κ3) is 4.93. The lowest BCUT2D eigenvalue weighted by Crippen LogP contribution is -2.30. The zero-order valence-corrected chi connectivity index (χ0v) is 15.7. The van der Waals surface area contributed by atoms with E-state index in [2.05, 4.69) is 10.6 Å². The zero-order chi connectivity index (χ0) is 17.6. The first kappa shape index (κ1) is 18.2. The second-order valence-electron chi connectivity index (χ2n) is 5.43. The molecule has 1 heterocycles. The van der Waals surface area contributed by atoms with Crippen LogP contribution in [0.15, 0.2) is 48.5 Å². The van der Waals surface area contributed by atoms with Gasteiger partial charge in [0.25, 0.3) is 5.91 Å². The standard InChI is InChI=1S/C18H17ClN2O2S2/c19-12-5-7-13(8-6-12)20-17(22)14-3-1-2-4-15(14)21-18(23)16-11-24-9-10-25-16/h1-8,16H,9-11H2,(H,20,22)(H,21,23). The van der Waals surface area contributed by atoms with Gasteiger partial charge < -0.3 is 10.6 Å². The number of rotatable bonds is 4. The molecule has 4 nitrogen and oxygen atoms in total. The average Bonchev–Trinajstić information content (AvgIpc) is 2.64. The maximum atomic E-state index is 12.6. The third-order valence-corrected chi connectivity index (χ3v) is 6.65. The van der Waals surface area contributed by atoms with Crippen LogP contribution in [0, 0.1) is 0 Å². The van der Waals surface area contributed by atoms with E-state index in [4.69, 9.17) is 11.6 Å². The maximum absolute atomic E-state index is 12.6. The summed E-state index contributed by atoms with van der Waals surface area (Å²) in [5, 5.41) is 6.25. The molecule has 2 aromatic rings. The number of halogens is 1. The van der Waals surface area contributed by atoms with Gasteiger partial charge in [0.05, 0.1) is 16.5 Å². The Balaban J connectivity index is 1.72. The summed E-state index contributed by atoms with van der Waals surface area (Å²) in [6, 6.07) is 13.9. The van der Waals surface area contributed by atoms with Crippen molar-refractivity contribution in [3.63, 3.8) is 0 Å². The summed E-state index contributed by atoms with van der Waals surface area (Å²) in [5.41, 5.74) is 1.60. The number of carbonyl (C=O) groups excluding carboxylic acids is 2. The van der Waals surface area contributed by atoms with E-state index >= 15 is 0 Å². The molecule has 0 spiro atoms. The Labute approximate surface area is 160 Å². The van der Waals surface area contributed by atoms with Gasteiger partial charge in [0, 0.05) is 28.0 Å². The largest absolute Gasteiger partial charge is 0.324 e. The minimum Gasteiger partial charge on any atom is -0.324 e. The molecule has 1 fully saturated rings. The summed E-state index contributed by atoms with van der Waals surface area (Å²) < 4.78 is 0. The Morgan fingerprint density at radius 1 is 1.00 bits per heavy atom. The SMILES string of the molecule is O=C(Nc1ccc(Cl)cc1)c1ccccc1NC(=O)C1CSCCS1. The van der Waals surface area contributed by atoms with Crippen molar-refractivity contribution in [3.8, 4) is 0 Å². The normalized spacial score (nSPS) is 16.9. The molecule has 0 bridgehead atoms. The fourth-order valence-electron chi connectivity index (χ4n) is 2.37. The molecular weight excluding hydrogens is 376 g/mol. The molecule has 25 heavy (non-hydrogen) atoms. The molecule has 0 aromatic heterocycles. The molecule has 2 amide bonds. The summed E-state index contributed by atoms with van der Waals surface area (Å²) in [6.45, 7) is 0. The number of carbonyl (C=O) groups is 2. The van der Waals surface area contributed by atoms with Crippen molar-refractivity contribution in [2.75, 3.05) is 27.9 Å². The number of benzene rings is 2. The van der Waals surface area contributed by atoms with Crippen molar-refractivity contribution in [1.29, 1.82) is 0 Å². The van der Waals surface area contributed by atoms with Gasteiger partial charge in [0.2, 0.25) is 5.91 Å². The fourth-order valence-corrected chi connectivity index (χ4v) is 5.06. The van der Waals surface area contributed by atoms with Crippen LogP contribution in [0.5, 0.6) is 0 Å².